The molecule has 0 saturated carbocycles. The minimum absolute atomic E-state index is 0.0872. The van der Waals surface area contributed by atoms with Gasteiger partial charge in [0, 0.05) is 19.2 Å². The third-order valence-corrected chi connectivity index (χ3v) is 3.98. The lowest BCUT2D eigenvalue weighted by molar-refractivity contribution is 0.0772. The molecule has 0 bridgehead atoms. The van der Waals surface area contributed by atoms with Gasteiger partial charge in [0.25, 0.3) is 5.91 Å². The Morgan fingerprint density at radius 2 is 1.88 bits per heavy atom. The van der Waals surface area contributed by atoms with E-state index in [1.165, 1.54) is 21.7 Å². The second-order valence-corrected chi connectivity index (χ2v) is 5.84. The molecule has 1 aromatic heterocycles. The fourth-order valence-corrected chi connectivity index (χ4v) is 2.64. The number of hydrogen-bond donors (Lipinski definition) is 0. The minimum atomic E-state index is -0.334. The number of benzene rings is 2. The number of amides is 1. The predicted octanol–water partition coefficient (Wildman–Crippen LogP) is 3.00. The maximum absolute atomic E-state index is 13.1. The Balaban J connectivity index is 1.81. The molecular weight excluding hydrogens is 335 g/mol. The highest BCUT2D eigenvalue weighted by Crippen LogP contribution is 2.19. The first-order valence-electron chi connectivity index (χ1n) is 8.06. The van der Waals surface area contributed by atoms with Crippen molar-refractivity contribution in [2.45, 2.75) is 13.5 Å². The van der Waals surface area contributed by atoms with Crippen LogP contribution in [0.4, 0.5) is 4.39 Å². The fraction of sp³-hybridized carbons (Fsp3) is 0.211. The van der Waals surface area contributed by atoms with Gasteiger partial charge >= 0.3 is 0 Å². The number of para-hydroxylation sites is 1. The van der Waals surface area contributed by atoms with Gasteiger partial charge in [-0.2, -0.15) is 0 Å². The van der Waals surface area contributed by atoms with Crippen LogP contribution in [0.1, 0.15) is 22.0 Å². The van der Waals surface area contributed by atoms with E-state index >= 15 is 0 Å². The molecule has 0 fully saturated rings. The van der Waals surface area contributed by atoms with Crippen molar-refractivity contribution in [1.82, 2.24) is 19.7 Å². The first kappa shape index (κ1) is 17.6. The monoisotopic (exact) mass is 354 g/mol. The normalized spacial score (nSPS) is 10.6. The summed E-state index contributed by atoms with van der Waals surface area (Å²) >= 11 is 0. The molecule has 0 aliphatic heterocycles. The Hall–Kier alpha value is -3.22. The van der Waals surface area contributed by atoms with Crippen molar-refractivity contribution in [2.75, 3.05) is 14.2 Å². The zero-order valence-corrected chi connectivity index (χ0v) is 14.8. The van der Waals surface area contributed by atoms with Crippen LogP contribution in [-0.2, 0) is 6.54 Å². The summed E-state index contributed by atoms with van der Waals surface area (Å²) in [5.74, 6) is 0.710. The van der Waals surface area contributed by atoms with Gasteiger partial charge in [-0.1, -0.05) is 18.2 Å². The zero-order chi connectivity index (χ0) is 18.7. The lowest BCUT2D eigenvalue weighted by atomic mass is 10.2. The van der Waals surface area contributed by atoms with Crippen molar-refractivity contribution < 1.29 is 13.9 Å². The summed E-state index contributed by atoms with van der Waals surface area (Å²) in [6, 6.07) is 13.4. The Kier molecular flexibility index (Phi) is 4.97. The molecule has 0 unspecified atom stereocenters. The van der Waals surface area contributed by atoms with E-state index in [0.717, 1.165) is 5.56 Å². The minimum Gasteiger partial charge on any atom is -0.496 e. The SMILES string of the molecule is COc1ccccc1CN(C)C(=O)c1nc(C)n(-c2ccc(F)cc2)n1. The molecule has 0 N–H and O–H groups in total. The molecule has 7 heteroatoms. The van der Waals surface area contributed by atoms with Crippen LogP contribution in [0.2, 0.25) is 0 Å². The molecule has 3 rings (SSSR count). The second kappa shape index (κ2) is 7.35. The molecule has 134 valence electrons. The highest BCUT2D eigenvalue weighted by atomic mass is 19.1. The third kappa shape index (κ3) is 3.56. The van der Waals surface area contributed by atoms with E-state index in [0.29, 0.717) is 23.8 Å². The number of aryl methyl sites for hydroxylation is 1. The number of nitrogens with zero attached hydrogens (tertiary/aromatic N) is 4. The molecule has 6 nitrogen and oxygen atoms in total. The lowest BCUT2D eigenvalue weighted by Crippen LogP contribution is -2.27. The average molecular weight is 354 g/mol. The molecule has 1 amide bonds. The summed E-state index contributed by atoms with van der Waals surface area (Å²) in [7, 11) is 3.28. The van der Waals surface area contributed by atoms with Crippen LogP contribution >= 0.6 is 0 Å². The van der Waals surface area contributed by atoms with E-state index in [4.69, 9.17) is 4.74 Å². The van der Waals surface area contributed by atoms with E-state index in [-0.39, 0.29) is 17.5 Å². The fourth-order valence-electron chi connectivity index (χ4n) is 2.64. The van der Waals surface area contributed by atoms with Crippen LogP contribution in [-0.4, -0.2) is 39.7 Å². The second-order valence-electron chi connectivity index (χ2n) is 5.84. The van der Waals surface area contributed by atoms with E-state index in [1.807, 2.05) is 24.3 Å². The maximum Gasteiger partial charge on any atom is 0.293 e. The summed E-state index contributed by atoms with van der Waals surface area (Å²) in [4.78, 5) is 18.5. The van der Waals surface area contributed by atoms with Crippen molar-refractivity contribution in [3.8, 4) is 11.4 Å². The molecule has 0 saturated heterocycles. The quantitative estimate of drug-likeness (QED) is 0.707. The van der Waals surface area contributed by atoms with Crippen molar-refractivity contribution in [2.24, 2.45) is 0 Å². The first-order chi connectivity index (χ1) is 12.5. The Bertz CT molecular complexity index is 922. The first-order valence-corrected chi connectivity index (χ1v) is 8.06. The number of carbonyl (C=O) groups is 1. The highest BCUT2D eigenvalue weighted by molar-refractivity contribution is 5.90. The van der Waals surface area contributed by atoms with Crippen LogP contribution in [0.25, 0.3) is 5.69 Å². The summed E-state index contributed by atoms with van der Waals surface area (Å²) < 4.78 is 19.9. The topological polar surface area (TPSA) is 60.2 Å². The van der Waals surface area contributed by atoms with Crippen LogP contribution < -0.4 is 4.74 Å². The number of hydrogen-bond acceptors (Lipinski definition) is 4. The van der Waals surface area contributed by atoms with Crippen molar-refractivity contribution in [3.05, 3.63) is 71.6 Å². The summed E-state index contributed by atoms with van der Waals surface area (Å²) in [6.07, 6.45) is 0. The van der Waals surface area contributed by atoms with Crippen LogP contribution in [0, 0.1) is 12.7 Å². The van der Waals surface area contributed by atoms with Gasteiger partial charge in [-0.3, -0.25) is 4.79 Å². The van der Waals surface area contributed by atoms with Gasteiger partial charge in [-0.05, 0) is 37.3 Å². The smallest absolute Gasteiger partial charge is 0.293 e. The molecule has 1 heterocycles. The Morgan fingerprint density at radius 1 is 1.19 bits per heavy atom. The van der Waals surface area contributed by atoms with E-state index in [9.17, 15) is 9.18 Å². The zero-order valence-electron chi connectivity index (χ0n) is 14.8. The number of rotatable bonds is 5. The molecule has 0 radical (unpaired) electrons. The predicted molar refractivity (Wildman–Crippen MR) is 94.8 cm³/mol. The molecule has 0 aliphatic rings. The van der Waals surface area contributed by atoms with Gasteiger partial charge in [0.15, 0.2) is 0 Å². The molecule has 0 spiro atoms. The van der Waals surface area contributed by atoms with Crippen molar-refractivity contribution in [3.63, 3.8) is 0 Å². The van der Waals surface area contributed by atoms with E-state index in [2.05, 4.69) is 10.1 Å². The summed E-state index contributed by atoms with van der Waals surface area (Å²) in [6.45, 7) is 2.11. The van der Waals surface area contributed by atoms with Gasteiger partial charge in [-0.15, -0.1) is 5.10 Å². The van der Waals surface area contributed by atoms with Crippen LogP contribution in [0.3, 0.4) is 0 Å². The highest BCUT2D eigenvalue weighted by Gasteiger charge is 2.20. The standard InChI is InChI=1S/C19H19FN4O2/c1-13-21-18(22-24(13)16-10-8-15(20)9-11-16)19(25)23(2)12-14-6-4-5-7-17(14)26-3/h4-11H,12H2,1-3H3. The molecule has 3 aromatic rings. The van der Waals surface area contributed by atoms with Gasteiger partial charge in [-0.25, -0.2) is 14.1 Å². The number of methoxy groups -OCH3 is 1. The average Bonchev–Trinajstić information content (AvgIpc) is 3.03. The molecule has 26 heavy (non-hydrogen) atoms. The maximum atomic E-state index is 13.1. The molecule has 0 atom stereocenters. The number of ether oxygens (including phenoxy) is 1. The number of halogens is 1. The molecule has 2 aromatic carbocycles. The van der Waals surface area contributed by atoms with Gasteiger partial charge in [0.2, 0.25) is 5.82 Å². The van der Waals surface area contributed by atoms with Crippen LogP contribution in [0.15, 0.2) is 48.5 Å². The Morgan fingerprint density at radius 3 is 2.58 bits per heavy atom. The van der Waals surface area contributed by atoms with Crippen molar-refractivity contribution >= 4 is 5.91 Å². The third-order valence-electron chi connectivity index (χ3n) is 3.98. The molecule has 0 aliphatic carbocycles. The lowest BCUT2D eigenvalue weighted by Gasteiger charge is -2.17. The van der Waals surface area contributed by atoms with E-state index in [1.54, 1.807) is 33.2 Å². The van der Waals surface area contributed by atoms with Gasteiger partial charge < -0.3 is 9.64 Å². The summed E-state index contributed by atoms with van der Waals surface area (Å²) in [5, 5.41) is 4.28. The number of carbonyl (C=O) groups excluding carboxylic acids is 1. The molecular formula is C19H19FN4O2. The van der Waals surface area contributed by atoms with Gasteiger partial charge in [0.1, 0.15) is 17.4 Å². The number of aromatic nitrogens is 3. The van der Waals surface area contributed by atoms with Crippen LogP contribution in [0.5, 0.6) is 5.75 Å². The Labute approximate surface area is 150 Å². The summed E-state index contributed by atoms with van der Waals surface area (Å²) in [5.41, 5.74) is 1.53. The van der Waals surface area contributed by atoms with Crippen molar-refractivity contribution in [1.29, 1.82) is 0 Å². The van der Waals surface area contributed by atoms with Gasteiger partial charge in [0.05, 0.1) is 12.8 Å². The largest absolute Gasteiger partial charge is 0.496 e. The van der Waals surface area contributed by atoms with E-state index < -0.39 is 0 Å².